The Hall–Kier alpha value is -2.45. The Morgan fingerprint density at radius 3 is 2.52 bits per heavy atom. The number of aromatic nitrogens is 3. The van der Waals surface area contributed by atoms with E-state index in [4.69, 9.17) is 19.9 Å². The number of ether oxygens (including phenoxy) is 3. The maximum absolute atomic E-state index is 5.92. The van der Waals surface area contributed by atoms with Crippen molar-refractivity contribution in [3.05, 3.63) is 24.3 Å². The molecule has 0 saturated carbocycles. The second-order valence-electron chi connectivity index (χ2n) is 6.07. The average molecular weight is 343 g/mol. The molecule has 2 aromatic rings. The summed E-state index contributed by atoms with van der Waals surface area (Å²) < 4.78 is 16.7. The van der Waals surface area contributed by atoms with Crippen LogP contribution >= 0.6 is 0 Å². The van der Waals surface area contributed by atoms with Gasteiger partial charge in [0.1, 0.15) is 6.10 Å². The van der Waals surface area contributed by atoms with Crippen molar-refractivity contribution in [1.29, 1.82) is 0 Å². The van der Waals surface area contributed by atoms with Crippen LogP contribution in [-0.2, 0) is 9.47 Å². The van der Waals surface area contributed by atoms with Gasteiger partial charge in [-0.05, 0) is 24.3 Å². The first-order valence-corrected chi connectivity index (χ1v) is 8.47. The molecule has 132 valence electrons. The van der Waals surface area contributed by atoms with E-state index in [1.165, 1.54) is 0 Å². The Labute approximate surface area is 145 Å². The minimum atomic E-state index is -0.0146. The Morgan fingerprint density at radius 2 is 1.80 bits per heavy atom. The summed E-state index contributed by atoms with van der Waals surface area (Å²) >= 11 is 0. The fourth-order valence-electron chi connectivity index (χ4n) is 2.82. The van der Waals surface area contributed by atoms with E-state index >= 15 is 0 Å². The molecule has 4 rings (SSSR count). The molecular formula is C17H21N5O3. The zero-order valence-electron chi connectivity index (χ0n) is 13.9. The van der Waals surface area contributed by atoms with E-state index in [0.29, 0.717) is 49.9 Å². The minimum Gasteiger partial charge on any atom is -0.457 e. The number of rotatable bonds is 4. The summed E-state index contributed by atoms with van der Waals surface area (Å²) in [6.45, 7) is 4.09. The van der Waals surface area contributed by atoms with Crippen LogP contribution in [0.25, 0.3) is 11.4 Å². The summed E-state index contributed by atoms with van der Waals surface area (Å²) in [6.07, 6.45) is 0.828. The van der Waals surface area contributed by atoms with Gasteiger partial charge in [0.25, 0.3) is 0 Å². The molecule has 8 nitrogen and oxygen atoms in total. The summed E-state index contributed by atoms with van der Waals surface area (Å²) in [5.74, 6) is 1.18. The monoisotopic (exact) mass is 343 g/mol. The van der Waals surface area contributed by atoms with Gasteiger partial charge < -0.3 is 24.8 Å². The fourth-order valence-corrected chi connectivity index (χ4v) is 2.82. The number of anilines is 2. The SMILES string of the molecule is Nc1ccc(-c2nc(O[C@H]3CCOC3)nc(N3CCOCC3)n2)cc1. The van der Waals surface area contributed by atoms with Gasteiger partial charge in [-0.25, -0.2) is 0 Å². The molecule has 0 unspecified atom stereocenters. The summed E-state index contributed by atoms with van der Waals surface area (Å²) in [5, 5.41) is 0. The fraction of sp³-hybridized carbons (Fsp3) is 0.471. The average Bonchev–Trinajstić information content (AvgIpc) is 3.16. The normalized spacial score (nSPS) is 20.6. The lowest BCUT2D eigenvalue weighted by Gasteiger charge is -2.27. The first kappa shape index (κ1) is 16.0. The van der Waals surface area contributed by atoms with Gasteiger partial charge in [-0.3, -0.25) is 0 Å². The van der Waals surface area contributed by atoms with Crippen LogP contribution < -0.4 is 15.4 Å². The van der Waals surface area contributed by atoms with Gasteiger partial charge in [0, 0.05) is 30.8 Å². The number of nitrogens with two attached hydrogens (primary N) is 1. The molecule has 2 saturated heterocycles. The van der Waals surface area contributed by atoms with Crippen LogP contribution in [-0.4, -0.2) is 60.6 Å². The number of morpholine rings is 1. The number of nitrogen functional groups attached to an aromatic ring is 1. The molecule has 8 heteroatoms. The van der Waals surface area contributed by atoms with Crippen molar-refractivity contribution in [3.8, 4) is 17.4 Å². The van der Waals surface area contributed by atoms with E-state index in [-0.39, 0.29) is 6.10 Å². The highest BCUT2D eigenvalue weighted by Crippen LogP contribution is 2.23. The van der Waals surface area contributed by atoms with Crippen molar-refractivity contribution in [2.45, 2.75) is 12.5 Å². The molecule has 3 heterocycles. The Bertz CT molecular complexity index is 713. The minimum absolute atomic E-state index is 0.0146. The van der Waals surface area contributed by atoms with E-state index in [1.54, 1.807) is 0 Å². The van der Waals surface area contributed by atoms with E-state index in [1.807, 2.05) is 24.3 Å². The van der Waals surface area contributed by atoms with Gasteiger partial charge in [0.2, 0.25) is 5.95 Å². The van der Waals surface area contributed by atoms with Gasteiger partial charge in [0.15, 0.2) is 5.82 Å². The van der Waals surface area contributed by atoms with Crippen LogP contribution in [0.1, 0.15) is 6.42 Å². The van der Waals surface area contributed by atoms with E-state index in [2.05, 4.69) is 19.9 Å². The van der Waals surface area contributed by atoms with Crippen LogP contribution in [0.4, 0.5) is 11.6 Å². The second-order valence-corrected chi connectivity index (χ2v) is 6.07. The molecule has 2 fully saturated rings. The lowest BCUT2D eigenvalue weighted by Crippen LogP contribution is -2.37. The molecule has 1 aromatic carbocycles. The molecule has 0 aliphatic carbocycles. The van der Waals surface area contributed by atoms with Crippen molar-refractivity contribution in [3.63, 3.8) is 0 Å². The maximum atomic E-state index is 5.92. The second kappa shape index (κ2) is 7.20. The van der Waals surface area contributed by atoms with E-state index in [9.17, 15) is 0 Å². The third-order valence-corrected chi connectivity index (χ3v) is 4.23. The Balaban J connectivity index is 1.67. The van der Waals surface area contributed by atoms with Gasteiger partial charge in [-0.1, -0.05) is 0 Å². The van der Waals surface area contributed by atoms with Crippen LogP contribution in [0, 0.1) is 0 Å². The smallest absolute Gasteiger partial charge is 0.322 e. The number of hydrogen-bond acceptors (Lipinski definition) is 8. The molecule has 2 aliphatic heterocycles. The third-order valence-electron chi connectivity index (χ3n) is 4.23. The van der Waals surface area contributed by atoms with Crippen molar-refractivity contribution >= 4 is 11.6 Å². The highest BCUT2D eigenvalue weighted by molar-refractivity contribution is 5.60. The maximum Gasteiger partial charge on any atom is 0.322 e. The number of benzene rings is 1. The predicted molar refractivity (Wildman–Crippen MR) is 92.6 cm³/mol. The van der Waals surface area contributed by atoms with Crippen LogP contribution in [0.15, 0.2) is 24.3 Å². The van der Waals surface area contributed by atoms with E-state index in [0.717, 1.165) is 25.1 Å². The van der Waals surface area contributed by atoms with Crippen molar-refractivity contribution < 1.29 is 14.2 Å². The predicted octanol–water partition coefficient (Wildman–Crippen LogP) is 1.13. The molecule has 25 heavy (non-hydrogen) atoms. The molecule has 2 aliphatic rings. The zero-order chi connectivity index (χ0) is 17.1. The first-order chi connectivity index (χ1) is 12.3. The van der Waals surface area contributed by atoms with Gasteiger partial charge in [-0.2, -0.15) is 15.0 Å². The summed E-state index contributed by atoms with van der Waals surface area (Å²) in [6, 6.07) is 7.79. The topological polar surface area (TPSA) is 95.6 Å². The quantitative estimate of drug-likeness (QED) is 0.825. The van der Waals surface area contributed by atoms with Crippen molar-refractivity contribution in [2.75, 3.05) is 50.2 Å². The molecule has 1 atom stereocenters. The lowest BCUT2D eigenvalue weighted by atomic mass is 10.2. The van der Waals surface area contributed by atoms with Crippen LogP contribution in [0.5, 0.6) is 6.01 Å². The van der Waals surface area contributed by atoms with Crippen molar-refractivity contribution in [1.82, 2.24) is 15.0 Å². The molecule has 0 spiro atoms. The summed E-state index contributed by atoms with van der Waals surface area (Å²) in [7, 11) is 0. The molecule has 0 radical (unpaired) electrons. The summed E-state index contributed by atoms with van der Waals surface area (Å²) in [4.78, 5) is 15.7. The van der Waals surface area contributed by atoms with E-state index < -0.39 is 0 Å². The van der Waals surface area contributed by atoms with Crippen LogP contribution in [0.2, 0.25) is 0 Å². The molecule has 2 N–H and O–H groups in total. The Kier molecular flexibility index (Phi) is 4.62. The highest BCUT2D eigenvalue weighted by atomic mass is 16.6. The zero-order valence-corrected chi connectivity index (χ0v) is 13.9. The lowest BCUT2D eigenvalue weighted by molar-refractivity contribution is 0.121. The number of hydrogen-bond donors (Lipinski definition) is 1. The molecule has 1 aromatic heterocycles. The summed E-state index contributed by atoms with van der Waals surface area (Å²) in [5.41, 5.74) is 7.35. The van der Waals surface area contributed by atoms with Crippen LogP contribution in [0.3, 0.4) is 0 Å². The van der Waals surface area contributed by atoms with Gasteiger partial charge in [0.05, 0.1) is 26.4 Å². The third kappa shape index (κ3) is 3.80. The first-order valence-electron chi connectivity index (χ1n) is 8.47. The number of nitrogens with zero attached hydrogens (tertiary/aromatic N) is 4. The van der Waals surface area contributed by atoms with Gasteiger partial charge >= 0.3 is 6.01 Å². The van der Waals surface area contributed by atoms with Gasteiger partial charge in [-0.15, -0.1) is 0 Å². The van der Waals surface area contributed by atoms with Crippen molar-refractivity contribution in [2.24, 2.45) is 0 Å². The highest BCUT2D eigenvalue weighted by Gasteiger charge is 2.22. The standard InChI is InChI=1S/C17H21N5O3/c18-13-3-1-12(2-4-13)15-19-16(22-6-9-23-10-7-22)21-17(20-15)25-14-5-8-24-11-14/h1-4,14H,5-11,18H2/t14-/m0/s1. The largest absolute Gasteiger partial charge is 0.457 e. The Morgan fingerprint density at radius 1 is 1.00 bits per heavy atom. The molecule has 0 amide bonds. The molecule has 0 bridgehead atoms. The molecular weight excluding hydrogens is 322 g/mol.